The predicted molar refractivity (Wildman–Crippen MR) is 195 cm³/mol. The molecule has 2 aromatic carbocycles. The molecule has 13 nitrogen and oxygen atoms in total. The number of aliphatic hydroxyl groups excluding tert-OH is 2. The fourth-order valence-electron chi connectivity index (χ4n) is 8.10. The monoisotopic (exact) mass is 713 g/mol. The number of anilines is 1. The van der Waals surface area contributed by atoms with Crippen molar-refractivity contribution in [1.82, 2.24) is 14.7 Å². The summed E-state index contributed by atoms with van der Waals surface area (Å²) in [6, 6.07) is 14.4. The Bertz CT molecular complexity index is 1980. The summed E-state index contributed by atoms with van der Waals surface area (Å²) in [6.45, 7) is 2.83. The molecular weight excluding hydrogens is 666 g/mol. The number of nitrogens with two attached hydrogens (primary N) is 1. The van der Waals surface area contributed by atoms with Crippen molar-refractivity contribution < 1.29 is 39.2 Å². The van der Waals surface area contributed by atoms with Crippen LogP contribution in [0.25, 0.3) is 17.1 Å². The van der Waals surface area contributed by atoms with Gasteiger partial charge in [-0.1, -0.05) is 30.3 Å². The maximum Gasteiger partial charge on any atom is 0.255 e. The van der Waals surface area contributed by atoms with Gasteiger partial charge in [0.15, 0.2) is 11.4 Å². The van der Waals surface area contributed by atoms with Gasteiger partial charge >= 0.3 is 0 Å². The van der Waals surface area contributed by atoms with Gasteiger partial charge in [-0.15, -0.1) is 0 Å². The number of amides is 1. The molecule has 52 heavy (non-hydrogen) atoms. The fourth-order valence-corrected chi connectivity index (χ4v) is 8.10. The Labute approximate surface area is 302 Å². The summed E-state index contributed by atoms with van der Waals surface area (Å²) in [5, 5.41) is 46.9. The minimum Gasteiger partial charge on any atom is -0.508 e. The number of phenolic OH excluding ortho intramolecular Hbond substituents is 1. The van der Waals surface area contributed by atoms with Crippen LogP contribution in [0.15, 0.2) is 69.9 Å². The van der Waals surface area contributed by atoms with Crippen LogP contribution in [-0.4, -0.2) is 120 Å². The minimum atomic E-state index is -2.71. The van der Waals surface area contributed by atoms with E-state index in [1.54, 1.807) is 26.2 Å². The lowest BCUT2D eigenvalue weighted by Crippen LogP contribution is -2.65. The van der Waals surface area contributed by atoms with Crippen molar-refractivity contribution in [1.29, 1.82) is 0 Å². The molecule has 6 rings (SSSR count). The van der Waals surface area contributed by atoms with Crippen LogP contribution in [0.5, 0.6) is 5.75 Å². The molecule has 4 atom stereocenters. The van der Waals surface area contributed by atoms with Gasteiger partial charge < -0.3 is 40.4 Å². The highest BCUT2D eigenvalue weighted by Gasteiger charge is 2.64. The highest BCUT2D eigenvalue weighted by molar-refractivity contribution is 6.24. The summed E-state index contributed by atoms with van der Waals surface area (Å²) in [5.74, 6) is -5.92. The smallest absolute Gasteiger partial charge is 0.255 e. The third-order valence-corrected chi connectivity index (χ3v) is 10.6. The molecule has 1 unspecified atom stereocenters. The summed E-state index contributed by atoms with van der Waals surface area (Å²) < 4.78 is 6.34. The number of benzene rings is 2. The number of Topliss-reactive ketones (excluding diaryl/α,β-unsaturated/α-hetero) is 2. The zero-order valence-corrected chi connectivity index (χ0v) is 30.4. The standard InChI is InChI=1S/C39H47N5O8/c1-41(2)14-15-44(19-21-10-8-7-9-11-21)20-23-12-13-28(52-23)25-18-27(42(3)4)24-16-22-17-26-32(43(5)6)35(47)31(38(40)50)37(49)39(26,51)36(48)29(22)34(46)30(24)33(25)45/h7-13,18,22,26,32,45-46,49,51H,14-17,19-20H2,1-6H3,(H2,40,50)/t22-,26-,32?,39-/m0/s1. The van der Waals surface area contributed by atoms with Gasteiger partial charge in [0, 0.05) is 50.9 Å². The molecule has 1 saturated carbocycles. The van der Waals surface area contributed by atoms with Gasteiger partial charge in [-0.25, -0.2) is 0 Å². The maximum atomic E-state index is 14.3. The topological polar surface area (TPSA) is 184 Å². The van der Waals surface area contributed by atoms with Crippen LogP contribution in [0.1, 0.15) is 28.9 Å². The van der Waals surface area contributed by atoms with Gasteiger partial charge in [-0.3, -0.25) is 24.2 Å². The maximum absolute atomic E-state index is 14.3. The van der Waals surface area contributed by atoms with Crippen LogP contribution in [0.3, 0.4) is 0 Å². The Kier molecular flexibility index (Phi) is 9.83. The van der Waals surface area contributed by atoms with E-state index in [1.165, 1.54) is 4.90 Å². The minimum absolute atomic E-state index is 0.00660. The van der Waals surface area contributed by atoms with Crippen LogP contribution >= 0.6 is 0 Å². The quantitative estimate of drug-likeness (QED) is 0.184. The molecule has 3 aliphatic carbocycles. The second-order valence-corrected chi connectivity index (χ2v) is 14.8. The molecule has 1 aromatic heterocycles. The zero-order valence-electron chi connectivity index (χ0n) is 30.4. The molecule has 1 fully saturated rings. The third kappa shape index (κ3) is 6.17. The first-order valence-corrected chi connectivity index (χ1v) is 17.3. The number of primary amides is 1. The molecule has 1 amide bonds. The Morgan fingerprint density at radius 2 is 1.65 bits per heavy atom. The molecule has 1 heterocycles. The number of likely N-dealkylation sites (N-methyl/N-ethyl adjacent to an activating group) is 2. The van der Waals surface area contributed by atoms with E-state index >= 15 is 0 Å². The molecule has 3 aliphatic rings. The van der Waals surface area contributed by atoms with Crippen molar-refractivity contribution in [2.45, 2.75) is 37.6 Å². The molecular formula is C39H47N5O8. The third-order valence-electron chi connectivity index (χ3n) is 10.6. The number of rotatable bonds is 11. The molecule has 276 valence electrons. The van der Waals surface area contributed by atoms with Gasteiger partial charge in [-0.05, 0) is 76.3 Å². The Balaban J connectivity index is 1.42. The number of fused-ring (bicyclic) bond motifs is 3. The van der Waals surface area contributed by atoms with Gasteiger partial charge in [0.05, 0.1) is 23.7 Å². The molecule has 0 saturated heterocycles. The predicted octanol–water partition coefficient (Wildman–Crippen LogP) is 2.85. The molecule has 0 radical (unpaired) electrons. The van der Waals surface area contributed by atoms with Crippen molar-refractivity contribution in [2.24, 2.45) is 17.6 Å². The largest absolute Gasteiger partial charge is 0.508 e. The lowest BCUT2D eigenvalue weighted by atomic mass is 9.57. The zero-order chi connectivity index (χ0) is 37.8. The number of carbonyl (C=O) groups excluding carboxylic acids is 3. The van der Waals surface area contributed by atoms with Crippen LogP contribution in [0, 0.1) is 11.8 Å². The van der Waals surface area contributed by atoms with Crippen LogP contribution < -0.4 is 10.6 Å². The first kappa shape index (κ1) is 36.8. The number of ketones is 2. The second-order valence-electron chi connectivity index (χ2n) is 14.8. The highest BCUT2D eigenvalue weighted by Crippen LogP contribution is 2.55. The van der Waals surface area contributed by atoms with Crippen molar-refractivity contribution in [3.8, 4) is 17.1 Å². The average molecular weight is 714 g/mol. The summed E-state index contributed by atoms with van der Waals surface area (Å²) >= 11 is 0. The van der Waals surface area contributed by atoms with Crippen molar-refractivity contribution in [3.63, 3.8) is 0 Å². The van der Waals surface area contributed by atoms with E-state index in [-0.39, 0.29) is 35.3 Å². The van der Waals surface area contributed by atoms with E-state index in [2.05, 4.69) is 21.9 Å². The second kappa shape index (κ2) is 13.9. The van der Waals surface area contributed by atoms with Crippen molar-refractivity contribution in [3.05, 3.63) is 87.9 Å². The van der Waals surface area contributed by atoms with Crippen LogP contribution in [0.2, 0.25) is 0 Å². The van der Waals surface area contributed by atoms with Gasteiger partial charge in [0.1, 0.15) is 34.4 Å². The number of phenols is 1. The number of aliphatic hydroxyl groups is 3. The normalized spacial score (nSPS) is 23.0. The number of hydrogen-bond acceptors (Lipinski definition) is 12. The fraction of sp³-hybridized carbons (Fsp3) is 0.410. The van der Waals surface area contributed by atoms with E-state index in [4.69, 9.17) is 10.2 Å². The number of carbonyl (C=O) groups is 3. The number of nitrogens with zero attached hydrogens (tertiary/aromatic N) is 4. The Morgan fingerprint density at radius 1 is 0.962 bits per heavy atom. The van der Waals surface area contributed by atoms with E-state index in [0.717, 1.165) is 18.7 Å². The molecule has 0 aliphatic heterocycles. The average Bonchev–Trinajstić information content (AvgIpc) is 3.53. The Hall–Kier alpha value is -4.95. The number of furan rings is 1. The van der Waals surface area contributed by atoms with Crippen molar-refractivity contribution >= 4 is 28.9 Å². The highest BCUT2D eigenvalue weighted by atomic mass is 16.4. The summed E-state index contributed by atoms with van der Waals surface area (Å²) in [4.78, 5) is 47.8. The van der Waals surface area contributed by atoms with Gasteiger partial charge in [-0.2, -0.15) is 0 Å². The van der Waals surface area contributed by atoms with Crippen LogP contribution in [-0.2, 0) is 33.9 Å². The van der Waals surface area contributed by atoms with E-state index in [0.29, 0.717) is 35.9 Å². The summed E-state index contributed by atoms with van der Waals surface area (Å²) in [5.41, 5.74) is 4.38. The van der Waals surface area contributed by atoms with Gasteiger partial charge in [0.25, 0.3) is 5.91 Å². The van der Waals surface area contributed by atoms with Crippen molar-refractivity contribution in [2.75, 3.05) is 60.3 Å². The number of aromatic hydroxyl groups is 1. The van der Waals surface area contributed by atoms with E-state index in [9.17, 15) is 34.8 Å². The van der Waals surface area contributed by atoms with E-state index < -0.39 is 58.0 Å². The lowest BCUT2D eigenvalue weighted by Gasteiger charge is -2.50. The molecule has 6 N–H and O–H groups in total. The first-order chi connectivity index (χ1) is 24.6. The number of hydrogen-bond donors (Lipinski definition) is 5. The van der Waals surface area contributed by atoms with Gasteiger partial charge in [0.2, 0.25) is 5.78 Å². The Morgan fingerprint density at radius 3 is 2.27 bits per heavy atom. The molecule has 13 heteroatoms. The molecule has 3 aromatic rings. The molecule has 0 bridgehead atoms. The summed E-state index contributed by atoms with van der Waals surface area (Å²) in [7, 11) is 10.8. The SMILES string of the molecule is CN(C)CCN(Cc1ccccc1)Cc1ccc(-c2cc(N(C)C)c3c(c2O)C(O)=C2C(=O)[C@]4(O)C(O)=C(C(N)=O)C(=O)C(N(C)C)[C@@H]4C[C@@H]2C3)o1. The molecule has 0 spiro atoms. The first-order valence-electron chi connectivity index (χ1n) is 17.3. The lowest BCUT2D eigenvalue weighted by molar-refractivity contribution is -0.153. The summed E-state index contributed by atoms with van der Waals surface area (Å²) in [6.07, 6.45) is 0.190. The van der Waals surface area contributed by atoms with E-state index in [1.807, 2.05) is 57.4 Å². The van der Waals surface area contributed by atoms with Crippen LogP contribution in [0.4, 0.5) is 5.69 Å².